The van der Waals surface area contributed by atoms with Crippen molar-refractivity contribution in [1.82, 2.24) is 5.32 Å². The Balaban J connectivity index is 2.51. The normalized spacial score (nSPS) is 20.3. The molecule has 420 valence electrons. The summed E-state index contributed by atoms with van der Waals surface area (Å²) in [5.74, 6) is -5.04. The molecule has 0 saturated carbocycles. The highest BCUT2D eigenvalue weighted by molar-refractivity contribution is 7.47. The van der Waals surface area contributed by atoms with Crippen LogP contribution in [0.4, 0.5) is 0 Å². The Bertz CT molecular complexity index is 1370. The fraction of sp³-hybridized carbons (Fsp3) is 0.942. The van der Waals surface area contributed by atoms with Crippen molar-refractivity contribution in [3.05, 3.63) is 0 Å². The van der Waals surface area contributed by atoms with Crippen LogP contribution in [0.5, 0.6) is 0 Å². The number of ether oxygens (including phenoxy) is 4. The summed E-state index contributed by atoms with van der Waals surface area (Å²) in [6.45, 7) is 2.01. The van der Waals surface area contributed by atoms with Crippen LogP contribution >= 0.6 is 7.82 Å². The summed E-state index contributed by atoms with van der Waals surface area (Å²) in [5.41, 5.74) is 5.88. The Hall–Kier alpha value is -1.80. The summed E-state index contributed by atoms with van der Waals surface area (Å²) in [6, 6.07) is -1.29. The highest BCUT2D eigenvalue weighted by Gasteiger charge is 2.54. The number of nitrogens with one attached hydrogen (secondary N) is 1. The van der Waals surface area contributed by atoms with E-state index in [1.165, 1.54) is 141 Å². The number of carboxylic acid groups (broad SMARTS) is 1. The number of aliphatic hydroxyl groups is 4. The predicted octanol–water partition coefficient (Wildman–Crippen LogP) is 8.68. The van der Waals surface area contributed by atoms with Crippen LogP contribution < -0.4 is 11.1 Å². The number of unbranched alkanes of at least 4 members (excludes halogenated alkanes) is 28. The number of esters is 2. The van der Waals surface area contributed by atoms with E-state index in [4.69, 9.17) is 33.7 Å². The fourth-order valence-electron chi connectivity index (χ4n) is 8.65. The highest BCUT2D eigenvalue weighted by Crippen LogP contribution is 2.43. The Morgan fingerprint density at radius 3 is 1.52 bits per heavy atom. The average molecular weight is 1040 g/mol. The van der Waals surface area contributed by atoms with E-state index >= 15 is 0 Å². The van der Waals surface area contributed by atoms with Crippen LogP contribution in [0.3, 0.4) is 0 Å². The van der Waals surface area contributed by atoms with Crippen LogP contribution in [0.2, 0.25) is 0 Å². The minimum absolute atomic E-state index is 0.0187. The summed E-state index contributed by atoms with van der Waals surface area (Å²) >= 11 is 0. The molecule has 9 N–H and O–H groups in total. The number of phosphoric ester groups is 1. The number of aliphatic hydroxyl groups excluding tert-OH is 4. The van der Waals surface area contributed by atoms with Gasteiger partial charge in [-0.2, -0.15) is 0 Å². The zero-order valence-corrected chi connectivity index (χ0v) is 44.9. The van der Waals surface area contributed by atoms with Crippen LogP contribution in [0.1, 0.15) is 226 Å². The summed E-state index contributed by atoms with van der Waals surface area (Å²) in [4.78, 5) is 48.1. The van der Waals surface area contributed by atoms with Crippen LogP contribution in [-0.2, 0) is 46.9 Å². The molecule has 8 atom stereocenters. The Labute approximate surface area is 427 Å². The molecule has 0 aliphatic carbocycles. The summed E-state index contributed by atoms with van der Waals surface area (Å²) < 4.78 is 45.0. The molecule has 19 heteroatoms. The van der Waals surface area contributed by atoms with E-state index in [0.29, 0.717) is 12.8 Å². The van der Waals surface area contributed by atoms with E-state index in [9.17, 15) is 49.4 Å². The van der Waals surface area contributed by atoms with Gasteiger partial charge in [-0.15, -0.1) is 0 Å². The van der Waals surface area contributed by atoms with Crippen molar-refractivity contribution in [1.29, 1.82) is 0 Å². The molecule has 1 fully saturated rings. The first-order valence-electron chi connectivity index (χ1n) is 27.8. The van der Waals surface area contributed by atoms with Gasteiger partial charge >= 0.3 is 25.7 Å². The molecule has 71 heavy (non-hydrogen) atoms. The lowest BCUT2D eigenvalue weighted by atomic mass is 9.89. The Kier molecular flexibility index (Phi) is 41.1. The van der Waals surface area contributed by atoms with Crippen molar-refractivity contribution in [3.63, 3.8) is 0 Å². The van der Waals surface area contributed by atoms with Gasteiger partial charge < -0.3 is 60.4 Å². The van der Waals surface area contributed by atoms with Crippen molar-refractivity contribution in [3.8, 4) is 0 Å². The second-order valence-corrected chi connectivity index (χ2v) is 21.1. The molecular formula is C52H101N2O16P. The maximum atomic E-state index is 12.9. The third kappa shape index (κ3) is 34.4. The van der Waals surface area contributed by atoms with Crippen molar-refractivity contribution in [2.45, 2.75) is 268 Å². The average Bonchev–Trinajstić information content (AvgIpc) is 3.34. The number of nitrogens with two attached hydrogens (primary N) is 1. The molecule has 1 unspecified atom stereocenters. The minimum Gasteiger partial charge on any atom is -0.477 e. The number of aliphatic carboxylic acids is 1. The zero-order valence-electron chi connectivity index (χ0n) is 44.0. The summed E-state index contributed by atoms with van der Waals surface area (Å²) in [5, 5.41) is 52.6. The smallest absolute Gasteiger partial charge is 0.472 e. The third-order valence-corrected chi connectivity index (χ3v) is 14.1. The first-order valence-corrected chi connectivity index (χ1v) is 29.3. The van der Waals surface area contributed by atoms with Crippen LogP contribution in [0, 0.1) is 0 Å². The molecule has 0 bridgehead atoms. The van der Waals surface area contributed by atoms with Gasteiger partial charge in [0, 0.05) is 32.4 Å². The lowest BCUT2D eigenvalue weighted by Gasteiger charge is -2.45. The molecule has 18 nitrogen and oxygen atoms in total. The number of hydrogen-bond acceptors (Lipinski definition) is 16. The van der Waals surface area contributed by atoms with E-state index in [2.05, 4.69) is 19.2 Å². The van der Waals surface area contributed by atoms with Gasteiger partial charge in [0.1, 0.15) is 24.9 Å². The highest BCUT2D eigenvalue weighted by atomic mass is 31.2. The molecule has 0 radical (unpaired) electrons. The second kappa shape index (κ2) is 43.4. The molecule has 1 heterocycles. The molecule has 1 aliphatic rings. The standard InChI is InChI=1S/C52H101N2O16P/c1-3-5-7-9-11-13-15-17-19-21-23-25-27-29-31-33-46(58)65-41-43(69-47(59)34-32-30-28-26-24-22-20-18-16-14-12-10-8-6-4-2)42-68-71(63,64)67-38-36-54-35-37-66-52(51(61)62)39-44(56)48(53)50(70-52)49(60)45(57)40-55/h43-45,48-50,54-57,60H,3-42,53H2,1-2H3,(H,61,62)(H,63,64)/t43-,44-,45+,48+,49+,50+,52+/m0/s1. The van der Waals surface area contributed by atoms with E-state index in [0.717, 1.165) is 38.5 Å². The van der Waals surface area contributed by atoms with E-state index < -0.39 is 87.7 Å². The molecule has 1 saturated heterocycles. The van der Waals surface area contributed by atoms with Crippen LogP contribution in [0.15, 0.2) is 0 Å². The number of phosphoric acid groups is 1. The second-order valence-electron chi connectivity index (χ2n) is 19.6. The lowest BCUT2D eigenvalue weighted by molar-refractivity contribution is -0.308. The maximum Gasteiger partial charge on any atom is 0.472 e. The monoisotopic (exact) mass is 1040 g/mol. The van der Waals surface area contributed by atoms with Crippen molar-refractivity contribution in [2.75, 3.05) is 46.1 Å². The first-order chi connectivity index (χ1) is 34.2. The Morgan fingerprint density at radius 2 is 1.08 bits per heavy atom. The van der Waals surface area contributed by atoms with E-state index in [1.807, 2.05) is 0 Å². The molecule has 1 aliphatic heterocycles. The van der Waals surface area contributed by atoms with Gasteiger partial charge in [0.15, 0.2) is 6.10 Å². The predicted molar refractivity (Wildman–Crippen MR) is 273 cm³/mol. The van der Waals surface area contributed by atoms with Gasteiger partial charge in [-0.3, -0.25) is 18.6 Å². The van der Waals surface area contributed by atoms with Gasteiger partial charge in [0.2, 0.25) is 0 Å². The van der Waals surface area contributed by atoms with E-state index in [1.54, 1.807) is 0 Å². The molecule has 0 spiro atoms. The molecule has 0 aromatic rings. The number of carboxylic acids is 1. The number of rotatable bonds is 50. The summed E-state index contributed by atoms with van der Waals surface area (Å²) in [6.07, 6.45) is 28.0. The van der Waals surface area contributed by atoms with Gasteiger partial charge in [-0.1, -0.05) is 194 Å². The molecule has 0 amide bonds. The lowest BCUT2D eigenvalue weighted by Crippen LogP contribution is -2.66. The molecule has 0 aromatic carbocycles. The third-order valence-electron chi connectivity index (χ3n) is 13.1. The van der Waals surface area contributed by atoms with Gasteiger partial charge in [-0.05, 0) is 12.8 Å². The maximum absolute atomic E-state index is 12.9. The fourth-order valence-corrected chi connectivity index (χ4v) is 9.41. The van der Waals surface area contributed by atoms with Crippen molar-refractivity contribution < 1.29 is 77.4 Å². The van der Waals surface area contributed by atoms with Crippen molar-refractivity contribution >= 4 is 25.7 Å². The van der Waals surface area contributed by atoms with Gasteiger partial charge in [0.05, 0.1) is 38.6 Å². The zero-order chi connectivity index (χ0) is 52.4. The number of carbonyl (C=O) groups is 3. The molecular weight excluding hydrogens is 940 g/mol. The first kappa shape index (κ1) is 67.2. The largest absolute Gasteiger partial charge is 0.477 e. The molecule has 1 rings (SSSR count). The molecule has 0 aromatic heterocycles. The number of carbonyl (C=O) groups excluding carboxylic acids is 2. The van der Waals surface area contributed by atoms with Crippen LogP contribution in [0.25, 0.3) is 0 Å². The van der Waals surface area contributed by atoms with Gasteiger partial charge in [-0.25, -0.2) is 9.36 Å². The van der Waals surface area contributed by atoms with Gasteiger partial charge in [0.25, 0.3) is 5.79 Å². The SMILES string of the molecule is CCCCCCCCCCCCCCCCCC(=O)OC[C@@H](COP(=O)(O)OCCNCCO[C@]1(C(=O)O)C[C@H](O)[C@@H](N)[C@H]([C@H](O)[C@H](O)CO)O1)OC(=O)CCCCCCCCCCCCCCCCC. The van der Waals surface area contributed by atoms with E-state index in [-0.39, 0.29) is 45.8 Å². The topological polar surface area (TPSA) is 283 Å². The summed E-state index contributed by atoms with van der Waals surface area (Å²) in [7, 11) is -4.68. The quantitative estimate of drug-likeness (QED) is 0.0161. The van der Waals surface area contributed by atoms with Crippen LogP contribution in [-0.4, -0.2) is 137 Å². The number of hydrogen-bond donors (Lipinski definition) is 8. The van der Waals surface area contributed by atoms with Crippen molar-refractivity contribution in [2.24, 2.45) is 5.73 Å². The Morgan fingerprint density at radius 1 is 0.662 bits per heavy atom. The minimum atomic E-state index is -4.68.